The monoisotopic (exact) mass is 313 g/mol. The maximum atomic E-state index is 11.4. The molecule has 0 fully saturated rings. The maximum Gasteiger partial charge on any atom is 0.339 e. The molecule has 2 rings (SSSR count). The molecule has 2 aromatic rings. The van der Waals surface area contributed by atoms with Gasteiger partial charge in [0.25, 0.3) is 0 Å². The number of carboxylic acid groups (broad SMARTS) is 1. The average molecular weight is 313 g/mol. The second-order valence-corrected chi connectivity index (χ2v) is 4.46. The van der Waals surface area contributed by atoms with Crippen LogP contribution in [0.1, 0.15) is 5.56 Å². The van der Waals surface area contributed by atoms with E-state index >= 15 is 0 Å². The number of hydrogen-bond acceptors (Lipinski definition) is 4. The molecule has 0 unspecified atom stereocenters. The second kappa shape index (κ2) is 7.65. The zero-order valence-corrected chi connectivity index (χ0v) is 12.4. The van der Waals surface area contributed by atoms with Crippen LogP contribution >= 0.6 is 0 Å². The van der Waals surface area contributed by atoms with Crippen molar-refractivity contribution in [3.8, 4) is 11.5 Å². The number of methoxy groups -OCH3 is 1. The smallest absolute Gasteiger partial charge is 0.339 e. The molecule has 0 atom stereocenters. The van der Waals surface area contributed by atoms with E-state index in [1.54, 1.807) is 48.5 Å². The van der Waals surface area contributed by atoms with Crippen molar-refractivity contribution < 1.29 is 24.2 Å². The average Bonchev–Trinajstić information content (AvgIpc) is 2.54. The van der Waals surface area contributed by atoms with Crippen molar-refractivity contribution in [3.05, 3.63) is 60.4 Å². The fourth-order valence-corrected chi connectivity index (χ4v) is 1.97. The molecule has 6 nitrogen and oxygen atoms in total. The molecule has 2 N–H and O–H groups in total. The molecular weight excluding hydrogens is 298 g/mol. The van der Waals surface area contributed by atoms with Crippen molar-refractivity contribution in [2.75, 3.05) is 12.4 Å². The number of hydrogen-bond donors (Lipinski definition) is 2. The highest BCUT2D eigenvalue weighted by Crippen LogP contribution is 2.31. The Morgan fingerprint density at radius 1 is 1.17 bits per heavy atom. The molecule has 0 spiro atoms. The van der Waals surface area contributed by atoms with Crippen LogP contribution in [0, 0.1) is 0 Å². The number of carbonyl (C=O) groups is 2. The molecule has 118 valence electrons. The number of nitrogens with one attached hydrogen (secondary N) is 1. The molecule has 0 aliphatic heterocycles. The second-order valence-electron chi connectivity index (χ2n) is 4.46. The first-order valence-corrected chi connectivity index (χ1v) is 6.69. The van der Waals surface area contributed by atoms with Crippen LogP contribution in [0.15, 0.2) is 54.8 Å². The summed E-state index contributed by atoms with van der Waals surface area (Å²) in [5, 5.41) is 11.8. The summed E-state index contributed by atoms with van der Waals surface area (Å²) in [5.74, 6) is -0.299. The van der Waals surface area contributed by atoms with Crippen LogP contribution in [-0.2, 0) is 14.3 Å². The molecule has 0 aromatic heterocycles. The maximum absolute atomic E-state index is 11.4. The third-order valence-corrected chi connectivity index (χ3v) is 2.93. The van der Waals surface area contributed by atoms with E-state index in [9.17, 15) is 14.7 Å². The van der Waals surface area contributed by atoms with Gasteiger partial charge in [-0.05, 0) is 18.2 Å². The summed E-state index contributed by atoms with van der Waals surface area (Å²) in [7, 11) is 1.38. The van der Waals surface area contributed by atoms with Gasteiger partial charge in [0.05, 0.1) is 13.4 Å². The summed E-state index contributed by atoms with van der Waals surface area (Å²) in [6.45, 7) is 0. The Kier molecular flexibility index (Phi) is 5.35. The Morgan fingerprint density at radius 2 is 1.96 bits per heavy atom. The lowest BCUT2D eigenvalue weighted by molar-refractivity contribution is -0.130. The van der Waals surface area contributed by atoms with Crippen LogP contribution in [0.25, 0.3) is 5.57 Å². The molecular formula is C17H15NO5. The molecule has 0 aliphatic rings. The standard InChI is InChI=1S/C17H15NO5/c1-22-10-15(17(20)21)14-7-2-3-8-16(14)23-13-6-4-5-12(9-13)18-11-19/h2-11H,1H3,(H,18,19)(H,20,21)/b15-10-. The normalized spacial score (nSPS) is 10.7. The summed E-state index contributed by atoms with van der Waals surface area (Å²) in [6, 6.07) is 13.5. The molecule has 0 radical (unpaired) electrons. The number of para-hydroxylation sites is 1. The van der Waals surface area contributed by atoms with Gasteiger partial charge in [0, 0.05) is 17.3 Å². The highest BCUT2D eigenvalue weighted by Gasteiger charge is 2.16. The van der Waals surface area contributed by atoms with Gasteiger partial charge in [0.1, 0.15) is 17.1 Å². The summed E-state index contributed by atoms with van der Waals surface area (Å²) < 4.78 is 10.6. The Hall–Kier alpha value is -3.28. The minimum atomic E-state index is -1.13. The summed E-state index contributed by atoms with van der Waals surface area (Å²) in [4.78, 5) is 21.9. The van der Waals surface area contributed by atoms with Crippen LogP contribution in [0.3, 0.4) is 0 Å². The number of carboxylic acids is 1. The number of rotatable bonds is 7. The molecule has 0 saturated heterocycles. The van der Waals surface area contributed by atoms with Crippen LogP contribution < -0.4 is 10.1 Å². The van der Waals surface area contributed by atoms with Gasteiger partial charge < -0.3 is 19.9 Å². The van der Waals surface area contributed by atoms with E-state index in [1.165, 1.54) is 7.11 Å². The summed E-state index contributed by atoms with van der Waals surface area (Å²) >= 11 is 0. The van der Waals surface area contributed by atoms with E-state index in [-0.39, 0.29) is 5.57 Å². The summed E-state index contributed by atoms with van der Waals surface area (Å²) in [6.07, 6.45) is 1.71. The Labute approximate surface area is 133 Å². The third kappa shape index (κ3) is 4.10. The van der Waals surface area contributed by atoms with Crippen LogP contribution in [0.5, 0.6) is 11.5 Å². The number of carbonyl (C=O) groups excluding carboxylic acids is 1. The Morgan fingerprint density at radius 3 is 2.65 bits per heavy atom. The predicted octanol–water partition coefficient (Wildman–Crippen LogP) is 3.12. The molecule has 2 aromatic carbocycles. The lowest BCUT2D eigenvalue weighted by Gasteiger charge is -2.12. The lowest BCUT2D eigenvalue weighted by Crippen LogP contribution is -2.02. The van der Waals surface area contributed by atoms with E-state index in [1.807, 2.05) is 0 Å². The third-order valence-electron chi connectivity index (χ3n) is 2.93. The molecule has 0 heterocycles. The molecule has 1 amide bonds. The first-order chi connectivity index (χ1) is 11.2. The zero-order valence-electron chi connectivity index (χ0n) is 12.4. The van der Waals surface area contributed by atoms with Gasteiger partial charge in [-0.3, -0.25) is 4.79 Å². The highest BCUT2D eigenvalue weighted by molar-refractivity contribution is 6.15. The van der Waals surface area contributed by atoms with Crippen molar-refractivity contribution in [2.24, 2.45) is 0 Å². The molecule has 0 bridgehead atoms. The topological polar surface area (TPSA) is 84.9 Å². The minimum Gasteiger partial charge on any atom is -0.503 e. The number of aliphatic carboxylic acids is 1. The van der Waals surface area contributed by atoms with Crippen LogP contribution in [0.2, 0.25) is 0 Å². The van der Waals surface area contributed by atoms with Gasteiger partial charge in [0.2, 0.25) is 6.41 Å². The summed E-state index contributed by atoms with van der Waals surface area (Å²) in [5.41, 5.74) is 0.932. The Balaban J connectivity index is 2.37. The number of anilines is 1. The van der Waals surface area contributed by atoms with Gasteiger partial charge in [-0.1, -0.05) is 24.3 Å². The van der Waals surface area contributed by atoms with Gasteiger partial charge in [-0.2, -0.15) is 0 Å². The van der Waals surface area contributed by atoms with Gasteiger partial charge >= 0.3 is 5.97 Å². The van der Waals surface area contributed by atoms with Crippen LogP contribution in [0.4, 0.5) is 5.69 Å². The zero-order chi connectivity index (χ0) is 16.7. The van der Waals surface area contributed by atoms with E-state index in [0.717, 1.165) is 6.26 Å². The SMILES string of the molecule is CO/C=C(\C(=O)O)c1ccccc1Oc1cccc(NC=O)c1. The lowest BCUT2D eigenvalue weighted by atomic mass is 10.1. The largest absolute Gasteiger partial charge is 0.503 e. The molecule has 0 aliphatic carbocycles. The van der Waals surface area contributed by atoms with Crippen molar-refractivity contribution in [2.45, 2.75) is 0 Å². The molecule has 23 heavy (non-hydrogen) atoms. The number of ether oxygens (including phenoxy) is 2. The molecule has 6 heteroatoms. The number of benzene rings is 2. The highest BCUT2D eigenvalue weighted by atomic mass is 16.5. The molecule has 0 saturated carbocycles. The first kappa shape index (κ1) is 16.1. The fourth-order valence-electron chi connectivity index (χ4n) is 1.97. The van der Waals surface area contributed by atoms with Crippen molar-refractivity contribution in [1.29, 1.82) is 0 Å². The van der Waals surface area contributed by atoms with E-state index in [2.05, 4.69) is 5.32 Å². The van der Waals surface area contributed by atoms with Crippen molar-refractivity contribution >= 4 is 23.6 Å². The Bertz CT molecular complexity index is 739. The van der Waals surface area contributed by atoms with Gasteiger partial charge in [-0.15, -0.1) is 0 Å². The van der Waals surface area contributed by atoms with E-state index < -0.39 is 5.97 Å². The first-order valence-electron chi connectivity index (χ1n) is 6.69. The van der Waals surface area contributed by atoms with E-state index in [0.29, 0.717) is 29.2 Å². The van der Waals surface area contributed by atoms with Crippen LogP contribution in [-0.4, -0.2) is 24.6 Å². The van der Waals surface area contributed by atoms with Gasteiger partial charge in [0.15, 0.2) is 0 Å². The van der Waals surface area contributed by atoms with Crippen molar-refractivity contribution in [3.63, 3.8) is 0 Å². The predicted molar refractivity (Wildman–Crippen MR) is 85.3 cm³/mol. The number of amides is 1. The fraction of sp³-hybridized carbons (Fsp3) is 0.0588. The van der Waals surface area contributed by atoms with E-state index in [4.69, 9.17) is 9.47 Å². The minimum absolute atomic E-state index is 0.0229. The van der Waals surface area contributed by atoms with Gasteiger partial charge in [-0.25, -0.2) is 4.79 Å². The van der Waals surface area contributed by atoms with Crippen molar-refractivity contribution in [1.82, 2.24) is 0 Å². The quantitative estimate of drug-likeness (QED) is 0.466.